The Morgan fingerprint density at radius 1 is 0.508 bits per heavy atom. The Morgan fingerprint density at radius 3 is 1.25 bits per heavy atom. The molecule has 0 amide bonds. The van der Waals surface area contributed by atoms with Crippen LogP contribution in [0.25, 0.3) is 0 Å². The minimum absolute atomic E-state index is 0.0551. The molecule has 0 N–H and O–H groups in total. The third-order valence-corrected chi connectivity index (χ3v) is 8.71. The van der Waals surface area contributed by atoms with Crippen LogP contribution in [0, 0.1) is 0 Å². The molecule has 0 aliphatic rings. The summed E-state index contributed by atoms with van der Waals surface area (Å²) in [7, 11) is 0. The molecule has 0 radical (unpaired) electrons. The fraction of sp³-hybridized carbons (Fsp3) is 0.525. The van der Waals surface area contributed by atoms with Crippen LogP contribution in [0.5, 0.6) is 5.75 Å². The summed E-state index contributed by atoms with van der Waals surface area (Å²) in [6.07, 6.45) is -11.2. The van der Waals surface area contributed by atoms with Crippen LogP contribution in [0.1, 0.15) is 86.0 Å². The van der Waals surface area contributed by atoms with Gasteiger partial charge in [-0.2, -0.15) is 0 Å². The van der Waals surface area contributed by atoms with Crippen LogP contribution in [-0.4, -0.2) is 116 Å². The third kappa shape index (κ3) is 17.1. The van der Waals surface area contributed by atoms with Crippen molar-refractivity contribution in [1.29, 1.82) is 0 Å². The first-order valence-electron chi connectivity index (χ1n) is 18.6. The van der Waals surface area contributed by atoms with Crippen molar-refractivity contribution in [2.45, 2.75) is 124 Å². The molecule has 0 heterocycles. The summed E-state index contributed by atoms with van der Waals surface area (Å²) < 4.78 is 50.4. The summed E-state index contributed by atoms with van der Waals surface area (Å²) in [5, 5.41) is -0.265. The number of halogens is 2. The second-order valence-corrected chi connectivity index (χ2v) is 13.7. The van der Waals surface area contributed by atoms with Gasteiger partial charge in [0.15, 0.2) is 61.2 Å². The van der Waals surface area contributed by atoms with Crippen LogP contribution in [0.2, 0.25) is 10.0 Å². The van der Waals surface area contributed by atoms with Crippen LogP contribution in [-0.2, 0) is 81.0 Å². The summed E-state index contributed by atoms with van der Waals surface area (Å²) in [5.74, 6) is -9.26. The maximum Gasteiger partial charge on any atom is 0.347 e. The third-order valence-electron chi connectivity index (χ3n) is 7.84. The zero-order valence-corrected chi connectivity index (χ0v) is 36.8. The quantitative estimate of drug-likeness (QED) is 0.0455. The number of allylic oxidation sites excluding steroid dienone is 1. The van der Waals surface area contributed by atoms with E-state index in [0.29, 0.717) is 12.0 Å². The number of ketones is 1. The Hall–Kier alpha value is -5.69. The molecule has 0 unspecified atom stereocenters. The largest absolute Gasteiger partial charge is 0.480 e. The fourth-order valence-corrected chi connectivity index (χ4v) is 4.60. The molecule has 8 atom stereocenters. The van der Waals surface area contributed by atoms with Crippen LogP contribution >= 0.6 is 23.2 Å². The van der Waals surface area contributed by atoms with Gasteiger partial charge in [0.25, 0.3) is 0 Å². The topological polar surface area (TPSA) is 246 Å². The van der Waals surface area contributed by atoms with Crippen molar-refractivity contribution in [2.75, 3.05) is 13.2 Å². The van der Waals surface area contributed by atoms with Gasteiger partial charge in [0, 0.05) is 5.56 Å². The molecule has 0 spiro atoms. The van der Waals surface area contributed by atoms with E-state index < -0.39 is 109 Å². The number of esters is 8. The van der Waals surface area contributed by atoms with Gasteiger partial charge in [0.2, 0.25) is 0 Å². The number of carbonyl (C=O) groups is 9. The Bertz CT molecular complexity index is 1840. The Balaban J connectivity index is 2.57. The highest BCUT2D eigenvalue weighted by molar-refractivity contribution is 6.45. The van der Waals surface area contributed by atoms with E-state index in [9.17, 15) is 43.2 Å². The summed E-state index contributed by atoms with van der Waals surface area (Å²) >= 11 is 12.4. The zero-order valence-electron chi connectivity index (χ0n) is 35.3. The Labute approximate surface area is 362 Å². The lowest BCUT2D eigenvalue weighted by Gasteiger charge is -2.22. The lowest BCUT2D eigenvalue weighted by molar-refractivity contribution is -0.188. The van der Waals surface area contributed by atoms with Crippen molar-refractivity contribution < 1.29 is 90.5 Å². The van der Waals surface area contributed by atoms with Crippen molar-refractivity contribution in [3.05, 3.63) is 52.2 Å². The van der Waals surface area contributed by atoms with E-state index in [1.165, 1.54) is 32.9 Å². The highest BCUT2D eigenvalue weighted by atomic mass is 35.5. The smallest absolute Gasteiger partial charge is 0.347 e. The highest BCUT2D eigenvalue weighted by Gasteiger charge is 2.33. The van der Waals surface area contributed by atoms with E-state index in [1.807, 2.05) is 0 Å². The number of carbonyl (C=O) groups excluding carboxylic acids is 9. The molecule has 21 heteroatoms. The maximum absolute atomic E-state index is 12.6. The van der Waals surface area contributed by atoms with E-state index in [0.717, 1.165) is 34.6 Å². The Morgan fingerprint density at radius 2 is 0.869 bits per heavy atom. The van der Waals surface area contributed by atoms with E-state index >= 15 is 0 Å². The molecule has 1 aromatic carbocycles. The molecular weight excluding hydrogens is 855 g/mol. The predicted octanol–water partition coefficient (Wildman–Crippen LogP) is 4.52. The zero-order chi connectivity index (χ0) is 46.9. The van der Waals surface area contributed by atoms with E-state index in [1.54, 1.807) is 13.8 Å². The lowest BCUT2D eigenvalue weighted by Crippen LogP contribution is -2.39. The number of rotatable bonds is 24. The number of benzene rings is 1. The predicted molar refractivity (Wildman–Crippen MR) is 211 cm³/mol. The van der Waals surface area contributed by atoms with Gasteiger partial charge in [-0.25, -0.2) is 38.4 Å². The first-order chi connectivity index (χ1) is 28.4. The minimum Gasteiger partial charge on any atom is -0.480 e. The van der Waals surface area contributed by atoms with Gasteiger partial charge in [-0.15, -0.1) is 0 Å². The normalized spacial score (nSPS) is 14.6. The minimum atomic E-state index is -1.64. The molecule has 0 aliphatic heterocycles. The van der Waals surface area contributed by atoms with Gasteiger partial charge in [0.1, 0.15) is 16.5 Å². The molecule has 0 saturated carbocycles. The van der Waals surface area contributed by atoms with Gasteiger partial charge in [-0.3, -0.25) is 4.79 Å². The average molecular weight is 906 g/mol. The highest BCUT2D eigenvalue weighted by Crippen LogP contribution is 2.36. The fourth-order valence-electron chi connectivity index (χ4n) is 4.14. The van der Waals surface area contributed by atoms with E-state index in [2.05, 4.69) is 13.2 Å². The van der Waals surface area contributed by atoms with Crippen molar-refractivity contribution >= 4 is 76.7 Å². The van der Waals surface area contributed by atoms with Gasteiger partial charge >= 0.3 is 47.8 Å². The van der Waals surface area contributed by atoms with Crippen molar-refractivity contribution in [3.8, 4) is 5.75 Å². The van der Waals surface area contributed by atoms with E-state index in [-0.39, 0.29) is 33.7 Å². The van der Waals surface area contributed by atoms with E-state index in [4.69, 9.17) is 70.6 Å². The van der Waals surface area contributed by atoms with Gasteiger partial charge in [-0.05, 0) is 86.4 Å². The molecule has 0 saturated heterocycles. The first kappa shape index (κ1) is 53.3. The van der Waals surface area contributed by atoms with Gasteiger partial charge in [-0.1, -0.05) is 43.3 Å². The molecule has 0 bridgehead atoms. The second-order valence-electron chi connectivity index (χ2n) is 12.9. The molecule has 1 rings (SSSR count). The summed E-state index contributed by atoms with van der Waals surface area (Å²) in [4.78, 5) is 112. The lowest BCUT2D eigenvalue weighted by atomic mass is 10.0. The number of hydrogen-bond acceptors (Lipinski definition) is 19. The molecule has 0 aliphatic carbocycles. The van der Waals surface area contributed by atoms with Gasteiger partial charge in [0.05, 0.1) is 11.6 Å². The second kappa shape index (κ2) is 25.2. The van der Waals surface area contributed by atoms with Gasteiger partial charge < -0.3 is 47.4 Å². The Kier molecular flexibility index (Phi) is 22.0. The maximum atomic E-state index is 12.6. The van der Waals surface area contributed by atoms with Crippen molar-refractivity contribution in [2.24, 2.45) is 0 Å². The first-order valence-corrected chi connectivity index (χ1v) is 19.4. The summed E-state index contributed by atoms with van der Waals surface area (Å²) in [6, 6.07) is 2.66. The number of Topliss-reactive ketones (excluding diaryl/α,β-unsaturated/α-hetero) is 1. The molecule has 61 heavy (non-hydrogen) atoms. The molecular formula is C40H50Cl2O19. The van der Waals surface area contributed by atoms with Crippen LogP contribution < -0.4 is 4.74 Å². The standard InChI is InChI=1S/C40H50Cl2O19/c1-13-18(3)33(44)28-15-16-29(32(42)31(28)41)53-17-30(43)55-22(7)35(46)57-24(9)37(48)59-26(11)39(50)61-27(12)40(51)60-25(10)38(49)58-23(8)36(47)56-20(5)19(4)54-21(6)34(45)52-14-2/h15-16,20-27H,3-4,13-14,17H2,1-2,5-12H3/t20-,21-,22-,23-,24-,25-,26-,27-/m1/s1. The number of hydrogen-bond donors (Lipinski definition) is 0. The number of ether oxygens (including phenoxy) is 10. The van der Waals surface area contributed by atoms with Crippen molar-refractivity contribution in [1.82, 2.24) is 0 Å². The molecule has 0 aromatic heterocycles. The molecule has 338 valence electrons. The summed E-state index contributed by atoms with van der Waals surface area (Å²) in [5.41, 5.74) is 0.395. The SMILES string of the molecule is C=C(CC)C(=O)c1ccc(OCC(=O)O[C@H](C)C(=O)O[C@H](C)C(=O)O[C@H](C)C(=O)O[C@H](C)C(=O)O[C@H](C)C(=O)O[C@H](C)C(=O)O[C@H](C)C(=C)O[C@H](C)C(=O)OCC)c(Cl)c1Cl. The monoisotopic (exact) mass is 904 g/mol. The summed E-state index contributed by atoms with van der Waals surface area (Å²) in [6.45, 7) is 19.6. The van der Waals surface area contributed by atoms with Crippen LogP contribution in [0.3, 0.4) is 0 Å². The van der Waals surface area contributed by atoms with Crippen LogP contribution in [0.15, 0.2) is 36.6 Å². The molecule has 0 fully saturated rings. The van der Waals surface area contributed by atoms with Crippen molar-refractivity contribution in [3.63, 3.8) is 0 Å². The van der Waals surface area contributed by atoms with Crippen LogP contribution in [0.4, 0.5) is 0 Å². The average Bonchev–Trinajstić information content (AvgIpc) is 3.20. The molecule has 19 nitrogen and oxygen atoms in total. The molecule has 1 aromatic rings.